The third-order valence-electron chi connectivity index (χ3n) is 3.72. The third-order valence-corrected chi connectivity index (χ3v) is 4.57. The largest absolute Gasteiger partial charge is 0.497 e. The molecule has 0 amide bonds. The minimum Gasteiger partial charge on any atom is -0.497 e. The van der Waals surface area contributed by atoms with E-state index < -0.39 is 5.97 Å². The molecule has 0 heterocycles. The summed E-state index contributed by atoms with van der Waals surface area (Å²) in [7, 11) is 2.84. The first kappa shape index (κ1) is 20.4. The van der Waals surface area contributed by atoms with Crippen molar-refractivity contribution >= 4 is 23.5 Å². The van der Waals surface area contributed by atoms with Gasteiger partial charge < -0.3 is 14.2 Å². The summed E-state index contributed by atoms with van der Waals surface area (Å²) in [5.41, 5.74) is 2.09. The molecule has 140 valence electrons. The number of rotatable bonds is 7. The lowest BCUT2D eigenvalue weighted by Crippen LogP contribution is -2.07. The highest BCUT2D eigenvalue weighted by molar-refractivity contribution is 8.03. The molecular formula is C21H21NO4S. The summed E-state index contributed by atoms with van der Waals surface area (Å²) < 4.78 is 16.2. The Labute approximate surface area is 163 Å². The molecular weight excluding hydrogens is 362 g/mol. The van der Waals surface area contributed by atoms with Crippen molar-refractivity contribution in [2.24, 2.45) is 0 Å². The number of benzene rings is 2. The number of hydrogen-bond acceptors (Lipinski definition) is 6. The fourth-order valence-electron chi connectivity index (χ4n) is 2.34. The topological polar surface area (TPSA) is 68.5 Å². The van der Waals surface area contributed by atoms with E-state index in [1.165, 1.54) is 26.0 Å². The molecule has 2 rings (SSSR count). The van der Waals surface area contributed by atoms with E-state index in [0.29, 0.717) is 22.2 Å². The van der Waals surface area contributed by atoms with Gasteiger partial charge in [-0.2, -0.15) is 5.26 Å². The molecule has 0 saturated heterocycles. The van der Waals surface area contributed by atoms with Gasteiger partial charge in [0.25, 0.3) is 0 Å². The first-order chi connectivity index (χ1) is 13.0. The molecule has 0 unspecified atom stereocenters. The van der Waals surface area contributed by atoms with Gasteiger partial charge in [-0.3, -0.25) is 0 Å². The van der Waals surface area contributed by atoms with Gasteiger partial charge in [-0.15, -0.1) is 11.8 Å². The number of nitrogens with zero attached hydrogens (tertiary/aromatic N) is 1. The fraction of sp³-hybridized carbons (Fsp3) is 0.238. The highest BCUT2D eigenvalue weighted by Gasteiger charge is 2.19. The van der Waals surface area contributed by atoms with Crippen LogP contribution in [0, 0.1) is 18.3 Å². The van der Waals surface area contributed by atoms with Crippen LogP contribution in [0.5, 0.6) is 11.5 Å². The van der Waals surface area contributed by atoms with E-state index in [0.717, 1.165) is 11.1 Å². The van der Waals surface area contributed by atoms with Crippen molar-refractivity contribution in [2.45, 2.75) is 13.8 Å². The molecule has 0 N–H and O–H groups in total. The van der Waals surface area contributed by atoms with E-state index in [1.54, 1.807) is 18.2 Å². The highest BCUT2D eigenvalue weighted by atomic mass is 32.2. The Morgan fingerprint density at radius 1 is 1.15 bits per heavy atom. The van der Waals surface area contributed by atoms with Gasteiger partial charge in [-0.25, -0.2) is 4.79 Å². The predicted octanol–water partition coefficient (Wildman–Crippen LogP) is 4.81. The van der Waals surface area contributed by atoms with E-state index in [4.69, 9.17) is 14.2 Å². The summed E-state index contributed by atoms with van der Waals surface area (Å²) in [5, 5.41) is 9.62. The number of ether oxygens (including phenoxy) is 3. The number of nitriles is 1. The van der Waals surface area contributed by atoms with Crippen molar-refractivity contribution in [2.75, 3.05) is 20.0 Å². The molecule has 0 aliphatic heterocycles. The number of carbonyl (C=O) groups excluding carboxylic acids is 1. The van der Waals surface area contributed by atoms with Gasteiger partial charge in [-0.05, 0) is 24.8 Å². The van der Waals surface area contributed by atoms with Crippen LogP contribution in [0.3, 0.4) is 0 Å². The van der Waals surface area contributed by atoms with Crippen molar-refractivity contribution in [1.82, 2.24) is 0 Å². The maximum atomic E-state index is 12.1. The van der Waals surface area contributed by atoms with Gasteiger partial charge in [0.1, 0.15) is 28.0 Å². The smallest absolute Gasteiger partial charge is 0.341 e. The van der Waals surface area contributed by atoms with Gasteiger partial charge >= 0.3 is 5.97 Å². The van der Waals surface area contributed by atoms with Crippen LogP contribution in [0.15, 0.2) is 47.4 Å². The predicted molar refractivity (Wildman–Crippen MR) is 107 cm³/mol. The number of methoxy groups -OCH3 is 2. The zero-order valence-corrected chi connectivity index (χ0v) is 16.6. The molecule has 0 radical (unpaired) electrons. The van der Waals surface area contributed by atoms with Crippen LogP contribution in [-0.4, -0.2) is 25.9 Å². The van der Waals surface area contributed by atoms with Crippen LogP contribution in [0.4, 0.5) is 0 Å². The van der Waals surface area contributed by atoms with Gasteiger partial charge in [0, 0.05) is 11.6 Å². The Hall–Kier alpha value is -2.91. The second kappa shape index (κ2) is 9.70. The molecule has 0 saturated carbocycles. The normalized spacial score (nSPS) is 11.2. The molecule has 5 nitrogen and oxygen atoms in total. The molecule has 0 aromatic heterocycles. The van der Waals surface area contributed by atoms with Crippen LogP contribution < -0.4 is 9.47 Å². The van der Waals surface area contributed by atoms with Crippen LogP contribution in [0.25, 0.3) is 5.76 Å². The summed E-state index contributed by atoms with van der Waals surface area (Å²) in [4.78, 5) is 12.6. The van der Waals surface area contributed by atoms with Crippen LogP contribution in [0.2, 0.25) is 0 Å². The molecule has 27 heavy (non-hydrogen) atoms. The maximum absolute atomic E-state index is 12.1. The van der Waals surface area contributed by atoms with Gasteiger partial charge in [-0.1, -0.05) is 36.8 Å². The molecule has 0 spiro atoms. The van der Waals surface area contributed by atoms with Gasteiger partial charge in [0.2, 0.25) is 0 Å². The monoisotopic (exact) mass is 383 g/mol. The summed E-state index contributed by atoms with van der Waals surface area (Å²) in [6.45, 7) is 3.94. The summed E-state index contributed by atoms with van der Waals surface area (Å²) >= 11 is 1.38. The Kier molecular flexibility index (Phi) is 7.33. The Balaban J connectivity index is 2.61. The minimum absolute atomic E-state index is 0.252. The van der Waals surface area contributed by atoms with Crippen LogP contribution >= 0.6 is 11.8 Å². The zero-order chi connectivity index (χ0) is 19.8. The SMILES string of the molecule is CCS/C(C#N)=C(/Oc1cc(OC)ccc1C(=O)OC)c1ccc(C)cc1. The molecule has 0 bridgehead atoms. The first-order valence-corrected chi connectivity index (χ1v) is 9.31. The van der Waals surface area contributed by atoms with Crippen molar-refractivity contribution < 1.29 is 19.0 Å². The number of esters is 1. The highest BCUT2D eigenvalue weighted by Crippen LogP contribution is 2.33. The van der Waals surface area contributed by atoms with Gasteiger partial charge in [0.15, 0.2) is 5.76 Å². The van der Waals surface area contributed by atoms with E-state index in [2.05, 4.69) is 6.07 Å². The number of carbonyl (C=O) groups is 1. The molecule has 0 aliphatic carbocycles. The van der Waals surface area contributed by atoms with Crippen LogP contribution in [-0.2, 0) is 4.74 Å². The lowest BCUT2D eigenvalue weighted by Gasteiger charge is -2.16. The number of allylic oxidation sites excluding steroid dienone is 1. The van der Waals surface area contributed by atoms with E-state index >= 15 is 0 Å². The number of hydrogen-bond donors (Lipinski definition) is 0. The standard InChI is InChI=1S/C21H21NO4S/c1-5-27-19(13-22)20(15-8-6-14(2)7-9-15)26-18-12-16(24-3)10-11-17(18)21(23)25-4/h6-12H,5H2,1-4H3/b20-19+. The van der Waals surface area contributed by atoms with Gasteiger partial charge in [0.05, 0.1) is 14.2 Å². The van der Waals surface area contributed by atoms with Crippen molar-refractivity contribution in [3.8, 4) is 17.6 Å². The average molecular weight is 383 g/mol. The molecule has 0 fully saturated rings. The average Bonchev–Trinajstić information content (AvgIpc) is 2.70. The Morgan fingerprint density at radius 3 is 2.41 bits per heavy atom. The Morgan fingerprint density at radius 2 is 1.85 bits per heavy atom. The minimum atomic E-state index is -0.530. The first-order valence-electron chi connectivity index (χ1n) is 8.32. The molecule has 0 aliphatic rings. The Bertz CT molecular complexity index is 882. The summed E-state index contributed by atoms with van der Waals surface area (Å²) in [6, 6.07) is 14.7. The maximum Gasteiger partial charge on any atom is 0.341 e. The third kappa shape index (κ3) is 5.05. The zero-order valence-electron chi connectivity index (χ0n) is 15.7. The molecule has 6 heteroatoms. The number of thioether (sulfide) groups is 1. The second-order valence-electron chi connectivity index (χ2n) is 5.52. The number of aryl methyl sites for hydroxylation is 1. The lowest BCUT2D eigenvalue weighted by atomic mass is 10.1. The molecule has 0 atom stereocenters. The van der Waals surface area contributed by atoms with E-state index in [9.17, 15) is 10.1 Å². The van der Waals surface area contributed by atoms with Crippen molar-refractivity contribution in [1.29, 1.82) is 5.26 Å². The molecule has 2 aromatic rings. The summed E-state index contributed by atoms with van der Waals surface area (Å²) in [6.07, 6.45) is 0. The fourth-order valence-corrected chi connectivity index (χ4v) is 2.98. The van der Waals surface area contributed by atoms with E-state index in [-0.39, 0.29) is 11.3 Å². The quantitative estimate of drug-likeness (QED) is 0.388. The van der Waals surface area contributed by atoms with Crippen molar-refractivity contribution in [3.05, 3.63) is 64.1 Å². The lowest BCUT2D eigenvalue weighted by molar-refractivity contribution is 0.0598. The summed E-state index contributed by atoms with van der Waals surface area (Å²) in [5.74, 6) is 1.37. The van der Waals surface area contributed by atoms with Crippen molar-refractivity contribution in [3.63, 3.8) is 0 Å². The van der Waals surface area contributed by atoms with Crippen LogP contribution in [0.1, 0.15) is 28.4 Å². The van der Waals surface area contributed by atoms with E-state index in [1.807, 2.05) is 38.1 Å². The second-order valence-corrected chi connectivity index (χ2v) is 6.80. The molecule has 2 aromatic carbocycles.